The van der Waals surface area contributed by atoms with E-state index in [1.165, 1.54) is 0 Å². The Morgan fingerprint density at radius 2 is 2.28 bits per heavy atom. The van der Waals surface area contributed by atoms with Crippen molar-refractivity contribution in [2.24, 2.45) is 0 Å². The lowest BCUT2D eigenvalue weighted by atomic mass is 10.0. The number of rotatable bonds is 7. The summed E-state index contributed by atoms with van der Waals surface area (Å²) in [5.41, 5.74) is -0.747. The topological polar surface area (TPSA) is 58.6 Å². The molecule has 0 saturated carbocycles. The van der Waals surface area contributed by atoms with Gasteiger partial charge in [-0.2, -0.15) is 0 Å². The van der Waals surface area contributed by atoms with E-state index in [0.29, 0.717) is 19.4 Å². The second-order valence-electron chi connectivity index (χ2n) is 4.88. The van der Waals surface area contributed by atoms with E-state index in [1.54, 1.807) is 14.0 Å². The maximum absolute atomic E-state index is 11.9. The molecule has 1 fully saturated rings. The average molecular weight is 256 g/mol. The zero-order valence-electron chi connectivity index (χ0n) is 11.6. The number of likely N-dealkylation sites (tertiary alicyclic amines) is 1. The molecule has 1 saturated heterocycles. The van der Waals surface area contributed by atoms with Crippen LogP contribution in [0, 0.1) is 0 Å². The number of amides is 2. The molecule has 1 unspecified atom stereocenters. The monoisotopic (exact) mass is 256 g/mol. The van der Waals surface area contributed by atoms with Gasteiger partial charge < -0.3 is 15.0 Å². The first-order chi connectivity index (χ1) is 8.53. The van der Waals surface area contributed by atoms with E-state index >= 15 is 0 Å². The number of hydrogen-bond acceptors (Lipinski definition) is 3. The summed E-state index contributed by atoms with van der Waals surface area (Å²) in [6.45, 7) is 5.88. The Morgan fingerprint density at radius 1 is 1.56 bits per heavy atom. The third-order valence-electron chi connectivity index (χ3n) is 3.67. The third kappa shape index (κ3) is 3.70. The van der Waals surface area contributed by atoms with Gasteiger partial charge in [-0.1, -0.05) is 6.92 Å². The quantitative estimate of drug-likeness (QED) is 0.689. The highest BCUT2D eigenvalue weighted by molar-refractivity contribution is 5.84. The molecule has 0 bridgehead atoms. The summed E-state index contributed by atoms with van der Waals surface area (Å²) < 4.78 is 5.22. The van der Waals surface area contributed by atoms with Gasteiger partial charge in [-0.3, -0.25) is 9.59 Å². The van der Waals surface area contributed by atoms with Crippen molar-refractivity contribution in [2.75, 3.05) is 26.7 Å². The Kier molecular flexibility index (Phi) is 5.59. The first-order valence-electron chi connectivity index (χ1n) is 6.64. The molecule has 5 heteroatoms. The molecule has 1 rings (SSSR count). The van der Waals surface area contributed by atoms with Crippen LogP contribution >= 0.6 is 0 Å². The van der Waals surface area contributed by atoms with Crippen LogP contribution in [0.3, 0.4) is 0 Å². The van der Waals surface area contributed by atoms with Gasteiger partial charge in [0.25, 0.3) is 5.91 Å². The van der Waals surface area contributed by atoms with Crippen molar-refractivity contribution in [1.82, 2.24) is 10.2 Å². The Bertz CT molecular complexity index is 301. The van der Waals surface area contributed by atoms with Gasteiger partial charge in [0.15, 0.2) is 0 Å². The van der Waals surface area contributed by atoms with E-state index in [4.69, 9.17) is 4.74 Å². The molecule has 0 spiro atoms. The highest BCUT2D eigenvalue weighted by Crippen LogP contribution is 2.14. The predicted octanol–water partition coefficient (Wildman–Crippen LogP) is 0.930. The summed E-state index contributed by atoms with van der Waals surface area (Å²) in [5.74, 6) is 0.150. The molecule has 18 heavy (non-hydrogen) atoms. The van der Waals surface area contributed by atoms with Crippen LogP contribution in [0.5, 0.6) is 0 Å². The Balaban J connectivity index is 2.21. The highest BCUT2D eigenvalue weighted by atomic mass is 16.5. The normalized spacial score (nSPS) is 18.8. The number of nitrogens with one attached hydrogen (secondary N) is 1. The summed E-state index contributed by atoms with van der Waals surface area (Å²) >= 11 is 0. The molecule has 1 heterocycles. The molecule has 0 aromatic rings. The Labute approximate surface area is 109 Å². The summed E-state index contributed by atoms with van der Waals surface area (Å²) in [4.78, 5) is 25.1. The van der Waals surface area contributed by atoms with Crippen LogP contribution < -0.4 is 5.32 Å². The maximum atomic E-state index is 11.9. The lowest BCUT2D eigenvalue weighted by Gasteiger charge is -2.25. The van der Waals surface area contributed by atoms with Gasteiger partial charge in [-0.05, 0) is 26.2 Å². The fraction of sp³-hybridized carbons (Fsp3) is 0.846. The van der Waals surface area contributed by atoms with Crippen LogP contribution in [-0.4, -0.2) is 49.1 Å². The van der Waals surface area contributed by atoms with Crippen molar-refractivity contribution >= 4 is 11.8 Å². The van der Waals surface area contributed by atoms with Crippen LogP contribution in [0.4, 0.5) is 0 Å². The van der Waals surface area contributed by atoms with Crippen molar-refractivity contribution in [3.63, 3.8) is 0 Å². The molecule has 1 atom stereocenters. The van der Waals surface area contributed by atoms with Crippen molar-refractivity contribution in [3.05, 3.63) is 0 Å². The maximum Gasteiger partial charge on any atom is 0.251 e. The van der Waals surface area contributed by atoms with Gasteiger partial charge in [-0.25, -0.2) is 0 Å². The lowest BCUT2D eigenvalue weighted by Crippen LogP contribution is -2.46. The summed E-state index contributed by atoms with van der Waals surface area (Å²) in [5, 5.41) is 2.86. The smallest absolute Gasteiger partial charge is 0.251 e. The standard InChI is InChI=1S/C13H24N2O3/c1-4-13(2,18-3)12(17)14-8-6-10-15-9-5-7-11(15)16/h4-10H2,1-3H3,(H,14,17). The average Bonchev–Trinajstić information content (AvgIpc) is 2.79. The molecule has 104 valence electrons. The molecule has 0 aliphatic carbocycles. The predicted molar refractivity (Wildman–Crippen MR) is 69.1 cm³/mol. The minimum atomic E-state index is -0.747. The third-order valence-corrected chi connectivity index (χ3v) is 3.67. The van der Waals surface area contributed by atoms with Crippen LogP contribution in [-0.2, 0) is 14.3 Å². The van der Waals surface area contributed by atoms with Gasteiger partial charge in [-0.15, -0.1) is 0 Å². The fourth-order valence-corrected chi connectivity index (χ4v) is 2.00. The number of hydrogen-bond donors (Lipinski definition) is 1. The first-order valence-corrected chi connectivity index (χ1v) is 6.64. The second-order valence-corrected chi connectivity index (χ2v) is 4.88. The van der Waals surface area contributed by atoms with Crippen LogP contribution in [0.1, 0.15) is 39.5 Å². The molecular formula is C13H24N2O3. The van der Waals surface area contributed by atoms with Crippen molar-refractivity contribution in [3.8, 4) is 0 Å². The van der Waals surface area contributed by atoms with E-state index < -0.39 is 5.60 Å². The largest absolute Gasteiger partial charge is 0.369 e. The molecule has 5 nitrogen and oxygen atoms in total. The number of carbonyl (C=O) groups is 2. The summed E-state index contributed by atoms with van der Waals surface area (Å²) in [6, 6.07) is 0. The van der Waals surface area contributed by atoms with Gasteiger partial charge in [0.2, 0.25) is 5.91 Å². The summed E-state index contributed by atoms with van der Waals surface area (Å²) in [7, 11) is 1.55. The fourth-order valence-electron chi connectivity index (χ4n) is 2.00. The Morgan fingerprint density at radius 3 is 2.78 bits per heavy atom. The number of methoxy groups -OCH3 is 1. The van der Waals surface area contributed by atoms with Crippen LogP contribution in [0.25, 0.3) is 0 Å². The summed E-state index contributed by atoms with van der Waals surface area (Å²) in [6.07, 6.45) is 3.06. The first kappa shape index (κ1) is 15.0. The van der Waals surface area contributed by atoms with Crippen molar-refractivity contribution < 1.29 is 14.3 Å². The molecule has 0 radical (unpaired) electrons. The lowest BCUT2D eigenvalue weighted by molar-refractivity contribution is -0.141. The minimum absolute atomic E-state index is 0.0831. The molecule has 1 aliphatic heterocycles. The van der Waals surface area contributed by atoms with E-state index in [0.717, 1.165) is 25.9 Å². The van der Waals surface area contributed by atoms with Gasteiger partial charge in [0, 0.05) is 33.2 Å². The second kappa shape index (κ2) is 6.73. The van der Waals surface area contributed by atoms with Crippen molar-refractivity contribution in [2.45, 2.75) is 45.1 Å². The van der Waals surface area contributed by atoms with Gasteiger partial charge in [0.1, 0.15) is 5.60 Å². The van der Waals surface area contributed by atoms with E-state index in [2.05, 4.69) is 5.32 Å². The van der Waals surface area contributed by atoms with E-state index in [-0.39, 0.29) is 11.8 Å². The van der Waals surface area contributed by atoms with E-state index in [9.17, 15) is 9.59 Å². The number of ether oxygens (including phenoxy) is 1. The van der Waals surface area contributed by atoms with E-state index in [1.807, 2.05) is 11.8 Å². The molecule has 1 N–H and O–H groups in total. The van der Waals surface area contributed by atoms with Crippen LogP contribution in [0.15, 0.2) is 0 Å². The van der Waals surface area contributed by atoms with Crippen molar-refractivity contribution in [1.29, 1.82) is 0 Å². The SMILES string of the molecule is CCC(C)(OC)C(=O)NCCCN1CCCC1=O. The molecule has 2 amide bonds. The molecular weight excluding hydrogens is 232 g/mol. The number of nitrogens with zero attached hydrogens (tertiary/aromatic N) is 1. The van der Waals surface area contributed by atoms with Crippen LogP contribution in [0.2, 0.25) is 0 Å². The Hall–Kier alpha value is -1.10. The molecule has 1 aliphatic rings. The highest BCUT2D eigenvalue weighted by Gasteiger charge is 2.30. The molecule has 0 aromatic carbocycles. The van der Waals surface area contributed by atoms with Gasteiger partial charge >= 0.3 is 0 Å². The van der Waals surface area contributed by atoms with Gasteiger partial charge in [0.05, 0.1) is 0 Å². The molecule has 0 aromatic heterocycles. The zero-order valence-corrected chi connectivity index (χ0v) is 11.6. The zero-order chi connectivity index (χ0) is 13.6. The number of carbonyl (C=O) groups excluding carboxylic acids is 2. The minimum Gasteiger partial charge on any atom is -0.369 e.